The summed E-state index contributed by atoms with van der Waals surface area (Å²) in [4.78, 5) is 38.1. The molecule has 0 aliphatic carbocycles. The first-order chi connectivity index (χ1) is 34.0. The van der Waals surface area contributed by atoms with Crippen LogP contribution in [0.4, 0.5) is 0 Å². The molecule has 0 spiro atoms. The highest BCUT2D eigenvalue weighted by Gasteiger charge is 2.19. The number of unbranched alkanes of at least 4 members (excludes halogenated alkanes) is 19. The molecule has 0 aromatic rings. The van der Waals surface area contributed by atoms with E-state index in [0.29, 0.717) is 19.3 Å². The lowest BCUT2D eigenvalue weighted by Gasteiger charge is -2.18. The molecule has 388 valence electrons. The number of hydrogen-bond donors (Lipinski definition) is 0. The van der Waals surface area contributed by atoms with Crippen molar-refractivity contribution in [1.29, 1.82) is 0 Å². The summed E-state index contributed by atoms with van der Waals surface area (Å²) >= 11 is 0. The number of esters is 3. The van der Waals surface area contributed by atoms with E-state index < -0.39 is 6.10 Å². The van der Waals surface area contributed by atoms with Crippen molar-refractivity contribution in [3.63, 3.8) is 0 Å². The van der Waals surface area contributed by atoms with E-state index in [1.165, 1.54) is 64.2 Å². The summed E-state index contributed by atoms with van der Waals surface area (Å²) in [5.74, 6) is -1.04. The number of allylic oxidation sites excluding steroid dienone is 22. The maximum Gasteiger partial charge on any atom is 0.306 e. The first-order valence-corrected chi connectivity index (χ1v) is 27.8. The predicted octanol–water partition coefficient (Wildman–Crippen LogP) is 18.6. The van der Waals surface area contributed by atoms with Crippen LogP contribution in [-0.4, -0.2) is 37.2 Å². The summed E-state index contributed by atoms with van der Waals surface area (Å²) in [6.07, 6.45) is 78.7. The fourth-order valence-corrected chi connectivity index (χ4v) is 7.07. The van der Waals surface area contributed by atoms with Crippen LogP contribution in [0.1, 0.15) is 226 Å². The van der Waals surface area contributed by atoms with Crippen molar-refractivity contribution in [3.8, 4) is 0 Å². The molecule has 0 aliphatic heterocycles. The van der Waals surface area contributed by atoms with Crippen LogP contribution < -0.4 is 0 Å². The Balaban J connectivity index is 4.60. The van der Waals surface area contributed by atoms with Crippen molar-refractivity contribution >= 4 is 17.9 Å². The lowest BCUT2D eigenvalue weighted by molar-refractivity contribution is -0.167. The quantitative estimate of drug-likeness (QED) is 0.0199. The third kappa shape index (κ3) is 54.4. The molecule has 0 amide bonds. The van der Waals surface area contributed by atoms with Gasteiger partial charge < -0.3 is 14.2 Å². The van der Waals surface area contributed by atoms with E-state index in [2.05, 4.69) is 154 Å². The molecule has 0 fully saturated rings. The van der Waals surface area contributed by atoms with Gasteiger partial charge in [-0.05, 0) is 109 Å². The van der Waals surface area contributed by atoms with E-state index in [-0.39, 0.29) is 37.5 Å². The highest BCUT2D eigenvalue weighted by atomic mass is 16.6. The second kappa shape index (κ2) is 56.1. The SMILES string of the molecule is CC/C=C\C/C=C\C/C=C\C/C=C\C/C=C\CCCC(=O)OC(COC(=O)CCCCC/C=C\C=C/CCCCCCCCC)COC(=O)CCCCCCC\C=C/C=C\C=C/C=C\CCCCC. The van der Waals surface area contributed by atoms with E-state index in [0.717, 1.165) is 116 Å². The molecule has 0 aromatic heterocycles. The third-order valence-electron chi connectivity index (χ3n) is 11.2. The van der Waals surface area contributed by atoms with Gasteiger partial charge >= 0.3 is 17.9 Å². The standard InChI is InChI=1S/C63H100O6/c1-4-7-10-13-16-19-22-25-28-31-33-35-38-41-44-47-50-53-56-62(65)68-59-60(58-67-61(64)55-52-49-46-43-40-37-34-30-27-24-21-18-15-12-9-6-3)69-63(66)57-54-51-48-45-42-39-36-32-29-26-23-20-17-14-11-8-5-2/h8,11,16-17,19-20,22,25-26,28-31,33-37,39-40,45,48,60H,4-7,9-10,12-15,18,21,23-24,27,32,38,41-44,46-47,49-59H2,1-3H3/b11-8-,19-16-,20-17-,25-22-,29-26-,31-28-,34-30-,35-33-,39-36-,40-37-,48-45-. The Hall–Kier alpha value is -4.45. The van der Waals surface area contributed by atoms with Crippen molar-refractivity contribution in [2.24, 2.45) is 0 Å². The van der Waals surface area contributed by atoms with Gasteiger partial charge in [-0.15, -0.1) is 0 Å². The maximum atomic E-state index is 12.8. The van der Waals surface area contributed by atoms with E-state index in [1.807, 2.05) is 0 Å². The average Bonchev–Trinajstić information content (AvgIpc) is 3.35. The second-order valence-electron chi connectivity index (χ2n) is 17.9. The van der Waals surface area contributed by atoms with E-state index in [9.17, 15) is 14.4 Å². The minimum absolute atomic E-state index is 0.126. The zero-order chi connectivity index (χ0) is 50.0. The number of ether oxygens (including phenoxy) is 3. The normalized spacial score (nSPS) is 13.1. The maximum absolute atomic E-state index is 12.8. The average molecular weight is 953 g/mol. The van der Waals surface area contributed by atoms with Crippen molar-refractivity contribution in [2.75, 3.05) is 13.2 Å². The molecule has 0 aliphatic rings. The van der Waals surface area contributed by atoms with E-state index in [1.54, 1.807) is 0 Å². The highest BCUT2D eigenvalue weighted by molar-refractivity contribution is 5.71. The molecule has 6 heteroatoms. The van der Waals surface area contributed by atoms with Gasteiger partial charge in [0.25, 0.3) is 0 Å². The molecule has 0 bridgehead atoms. The minimum Gasteiger partial charge on any atom is -0.462 e. The number of rotatable bonds is 48. The van der Waals surface area contributed by atoms with Gasteiger partial charge in [0.1, 0.15) is 13.2 Å². The summed E-state index contributed by atoms with van der Waals surface area (Å²) in [7, 11) is 0. The molecule has 1 atom stereocenters. The largest absolute Gasteiger partial charge is 0.462 e. The highest BCUT2D eigenvalue weighted by Crippen LogP contribution is 2.12. The van der Waals surface area contributed by atoms with E-state index in [4.69, 9.17) is 14.2 Å². The summed E-state index contributed by atoms with van der Waals surface area (Å²) < 4.78 is 16.7. The van der Waals surface area contributed by atoms with Crippen LogP contribution in [0.25, 0.3) is 0 Å². The zero-order valence-electron chi connectivity index (χ0n) is 44.3. The summed E-state index contributed by atoms with van der Waals surface area (Å²) in [6.45, 7) is 6.38. The van der Waals surface area contributed by atoms with Crippen LogP contribution in [0.15, 0.2) is 134 Å². The Bertz CT molecular complexity index is 1510. The summed E-state index contributed by atoms with van der Waals surface area (Å²) in [6, 6.07) is 0. The van der Waals surface area contributed by atoms with Crippen molar-refractivity contribution in [1.82, 2.24) is 0 Å². The van der Waals surface area contributed by atoms with Gasteiger partial charge in [-0.1, -0.05) is 231 Å². The molecular formula is C63H100O6. The number of hydrogen-bond acceptors (Lipinski definition) is 6. The van der Waals surface area contributed by atoms with Gasteiger partial charge in [0, 0.05) is 19.3 Å². The monoisotopic (exact) mass is 953 g/mol. The van der Waals surface area contributed by atoms with Gasteiger partial charge in [0.2, 0.25) is 0 Å². The third-order valence-corrected chi connectivity index (χ3v) is 11.2. The molecule has 0 saturated carbocycles. The van der Waals surface area contributed by atoms with Gasteiger partial charge in [0.05, 0.1) is 0 Å². The minimum atomic E-state index is -0.834. The Labute approximate surface area is 424 Å². The molecule has 6 nitrogen and oxygen atoms in total. The van der Waals surface area contributed by atoms with Gasteiger partial charge in [-0.2, -0.15) is 0 Å². The Morgan fingerprint density at radius 1 is 0.319 bits per heavy atom. The molecule has 0 heterocycles. The fraction of sp³-hybridized carbons (Fsp3) is 0.603. The van der Waals surface area contributed by atoms with Crippen molar-refractivity contribution < 1.29 is 28.6 Å². The van der Waals surface area contributed by atoms with Crippen molar-refractivity contribution in [2.45, 2.75) is 232 Å². The van der Waals surface area contributed by atoms with Crippen LogP contribution in [0, 0.1) is 0 Å². The van der Waals surface area contributed by atoms with Crippen LogP contribution in [0.5, 0.6) is 0 Å². The number of carbonyl (C=O) groups excluding carboxylic acids is 3. The van der Waals surface area contributed by atoms with E-state index >= 15 is 0 Å². The van der Waals surface area contributed by atoms with Gasteiger partial charge in [0.15, 0.2) is 6.10 Å². The van der Waals surface area contributed by atoms with Gasteiger partial charge in [-0.25, -0.2) is 0 Å². The van der Waals surface area contributed by atoms with Crippen molar-refractivity contribution in [3.05, 3.63) is 134 Å². The molecule has 69 heavy (non-hydrogen) atoms. The van der Waals surface area contributed by atoms with Gasteiger partial charge in [-0.3, -0.25) is 14.4 Å². The second-order valence-corrected chi connectivity index (χ2v) is 17.9. The summed E-state index contributed by atoms with van der Waals surface area (Å²) in [5, 5.41) is 0. The lowest BCUT2D eigenvalue weighted by atomic mass is 10.1. The first kappa shape index (κ1) is 64.5. The smallest absolute Gasteiger partial charge is 0.306 e. The van der Waals surface area contributed by atoms with Crippen LogP contribution in [0.2, 0.25) is 0 Å². The Morgan fingerprint density at radius 2 is 0.638 bits per heavy atom. The molecule has 1 unspecified atom stereocenters. The van der Waals surface area contributed by atoms with Crippen LogP contribution >= 0.6 is 0 Å². The molecule has 0 saturated heterocycles. The molecule has 0 aromatic carbocycles. The summed E-state index contributed by atoms with van der Waals surface area (Å²) in [5.41, 5.74) is 0. The topological polar surface area (TPSA) is 78.9 Å². The molecular weight excluding hydrogens is 853 g/mol. The van der Waals surface area contributed by atoms with Crippen LogP contribution in [0.3, 0.4) is 0 Å². The van der Waals surface area contributed by atoms with Crippen LogP contribution in [-0.2, 0) is 28.6 Å². The lowest BCUT2D eigenvalue weighted by Crippen LogP contribution is -2.30. The molecule has 0 radical (unpaired) electrons. The first-order valence-electron chi connectivity index (χ1n) is 27.8. The molecule has 0 rings (SSSR count). The predicted molar refractivity (Wildman–Crippen MR) is 297 cm³/mol. The number of carbonyl (C=O) groups is 3. The Kier molecular flexibility index (Phi) is 52.5. The Morgan fingerprint density at radius 3 is 1.10 bits per heavy atom. The zero-order valence-corrected chi connectivity index (χ0v) is 44.3. The molecule has 0 N–H and O–H groups in total. The fourth-order valence-electron chi connectivity index (χ4n) is 7.07.